The third kappa shape index (κ3) is 7.17. The number of aryl methyl sites for hydroxylation is 1. The van der Waals surface area contributed by atoms with Crippen molar-refractivity contribution in [3.8, 4) is 11.5 Å². The van der Waals surface area contributed by atoms with Crippen molar-refractivity contribution in [3.63, 3.8) is 0 Å². The molecule has 0 unspecified atom stereocenters. The van der Waals surface area contributed by atoms with Crippen molar-refractivity contribution in [1.82, 2.24) is 10.2 Å². The van der Waals surface area contributed by atoms with Crippen LogP contribution in [0.1, 0.15) is 38.3 Å². The van der Waals surface area contributed by atoms with Gasteiger partial charge in [-0.1, -0.05) is 29.8 Å². The molecule has 0 heterocycles. The van der Waals surface area contributed by atoms with Gasteiger partial charge in [-0.05, 0) is 62.6 Å². The molecule has 1 N–H and O–H groups in total. The largest absolute Gasteiger partial charge is 0.490 e. The second-order valence-electron chi connectivity index (χ2n) is 7.09. The van der Waals surface area contributed by atoms with Gasteiger partial charge < -0.3 is 19.7 Å². The van der Waals surface area contributed by atoms with Gasteiger partial charge in [0.25, 0.3) is 0 Å². The van der Waals surface area contributed by atoms with Gasteiger partial charge in [-0.2, -0.15) is 0 Å². The smallest absolute Gasteiger partial charge is 0.242 e. The molecule has 0 saturated carbocycles. The van der Waals surface area contributed by atoms with Gasteiger partial charge in [-0.25, -0.2) is 0 Å². The Kier molecular flexibility index (Phi) is 9.66. The molecular weight excluding hydrogens is 416 g/mol. The van der Waals surface area contributed by atoms with E-state index >= 15 is 0 Å². The zero-order valence-corrected chi connectivity index (χ0v) is 19.4. The Bertz CT molecular complexity index is 870. The van der Waals surface area contributed by atoms with Gasteiger partial charge in [0, 0.05) is 25.0 Å². The number of hydrogen-bond donors (Lipinski definition) is 1. The molecule has 0 spiro atoms. The number of carbonyl (C=O) groups is 2. The SMILES string of the molecule is CCOc1ccc(CCC(=O)N(Cc2ccc(Cl)cc2)[C@H](C)C(=O)NC)cc1OCC. The van der Waals surface area contributed by atoms with Crippen LogP contribution in [0.5, 0.6) is 11.5 Å². The maximum atomic E-state index is 13.1. The highest BCUT2D eigenvalue weighted by Gasteiger charge is 2.25. The summed E-state index contributed by atoms with van der Waals surface area (Å²) in [6.45, 7) is 6.98. The molecule has 0 aliphatic heterocycles. The van der Waals surface area contributed by atoms with E-state index in [1.165, 1.54) is 0 Å². The predicted molar refractivity (Wildman–Crippen MR) is 123 cm³/mol. The number of nitrogens with one attached hydrogen (secondary N) is 1. The molecule has 0 saturated heterocycles. The van der Waals surface area contributed by atoms with Crippen molar-refractivity contribution in [3.05, 3.63) is 58.6 Å². The molecule has 7 heteroatoms. The number of amides is 2. The first-order valence-corrected chi connectivity index (χ1v) is 10.9. The lowest BCUT2D eigenvalue weighted by atomic mass is 10.1. The van der Waals surface area contributed by atoms with Crippen LogP contribution in [0.25, 0.3) is 0 Å². The molecule has 0 aromatic heterocycles. The Labute approximate surface area is 189 Å². The summed E-state index contributed by atoms with van der Waals surface area (Å²) in [5.41, 5.74) is 1.88. The van der Waals surface area contributed by atoms with Gasteiger partial charge in [0.1, 0.15) is 6.04 Å². The van der Waals surface area contributed by atoms with E-state index in [0.29, 0.717) is 42.7 Å². The minimum absolute atomic E-state index is 0.0992. The van der Waals surface area contributed by atoms with Crippen molar-refractivity contribution in [2.45, 2.75) is 46.2 Å². The van der Waals surface area contributed by atoms with Gasteiger partial charge in [0.15, 0.2) is 11.5 Å². The number of carbonyl (C=O) groups excluding carboxylic acids is 2. The summed E-state index contributed by atoms with van der Waals surface area (Å²) in [5.74, 6) is 1.06. The second kappa shape index (κ2) is 12.2. The van der Waals surface area contributed by atoms with Gasteiger partial charge in [-0.15, -0.1) is 0 Å². The molecule has 2 rings (SSSR count). The van der Waals surface area contributed by atoms with Crippen LogP contribution in [0.3, 0.4) is 0 Å². The third-order valence-electron chi connectivity index (χ3n) is 4.92. The maximum absolute atomic E-state index is 13.1. The first-order valence-electron chi connectivity index (χ1n) is 10.5. The molecule has 31 heavy (non-hydrogen) atoms. The fraction of sp³-hybridized carbons (Fsp3) is 0.417. The monoisotopic (exact) mass is 446 g/mol. The van der Waals surface area contributed by atoms with Crippen LogP contribution < -0.4 is 14.8 Å². The molecule has 0 bridgehead atoms. The Hall–Kier alpha value is -2.73. The molecule has 2 aromatic carbocycles. The van der Waals surface area contributed by atoms with E-state index in [0.717, 1.165) is 11.1 Å². The number of benzene rings is 2. The van der Waals surface area contributed by atoms with Crippen LogP contribution in [-0.2, 0) is 22.6 Å². The van der Waals surface area contributed by atoms with Gasteiger partial charge in [0.05, 0.1) is 13.2 Å². The fourth-order valence-electron chi connectivity index (χ4n) is 3.22. The molecule has 0 aliphatic carbocycles. The van der Waals surface area contributed by atoms with Crippen molar-refractivity contribution in [2.75, 3.05) is 20.3 Å². The zero-order chi connectivity index (χ0) is 22.8. The summed E-state index contributed by atoms with van der Waals surface area (Å²) in [5, 5.41) is 3.25. The summed E-state index contributed by atoms with van der Waals surface area (Å²) in [7, 11) is 1.57. The average Bonchev–Trinajstić information content (AvgIpc) is 2.77. The molecule has 1 atom stereocenters. The number of nitrogens with zero attached hydrogens (tertiary/aromatic N) is 1. The second-order valence-corrected chi connectivity index (χ2v) is 7.52. The van der Waals surface area contributed by atoms with Gasteiger partial charge >= 0.3 is 0 Å². The van der Waals surface area contributed by atoms with E-state index in [1.54, 1.807) is 31.0 Å². The first kappa shape index (κ1) is 24.5. The summed E-state index contributed by atoms with van der Waals surface area (Å²) in [6.07, 6.45) is 0.803. The Morgan fingerprint density at radius 2 is 1.61 bits per heavy atom. The quantitative estimate of drug-likeness (QED) is 0.560. The van der Waals surface area contributed by atoms with Gasteiger partial charge in [0.2, 0.25) is 11.8 Å². The lowest BCUT2D eigenvalue weighted by Crippen LogP contribution is -2.46. The molecule has 168 valence electrons. The third-order valence-corrected chi connectivity index (χ3v) is 5.17. The van der Waals surface area contributed by atoms with E-state index in [4.69, 9.17) is 21.1 Å². The zero-order valence-electron chi connectivity index (χ0n) is 18.6. The Morgan fingerprint density at radius 3 is 2.23 bits per heavy atom. The predicted octanol–water partition coefficient (Wildman–Crippen LogP) is 4.23. The van der Waals surface area contributed by atoms with E-state index in [-0.39, 0.29) is 18.2 Å². The van der Waals surface area contributed by atoms with Crippen LogP contribution in [0, 0.1) is 0 Å². The fourth-order valence-corrected chi connectivity index (χ4v) is 3.35. The van der Waals surface area contributed by atoms with E-state index < -0.39 is 6.04 Å². The minimum atomic E-state index is -0.590. The molecule has 2 amide bonds. The number of rotatable bonds is 11. The highest BCUT2D eigenvalue weighted by atomic mass is 35.5. The number of ether oxygens (including phenoxy) is 2. The summed E-state index contributed by atoms with van der Waals surface area (Å²) in [6, 6.07) is 12.4. The molecule has 6 nitrogen and oxygen atoms in total. The van der Waals surface area contributed by atoms with Crippen LogP contribution in [-0.4, -0.2) is 43.0 Å². The number of halogens is 1. The number of hydrogen-bond acceptors (Lipinski definition) is 4. The molecule has 0 aliphatic rings. The highest BCUT2D eigenvalue weighted by Crippen LogP contribution is 2.29. The van der Waals surface area contributed by atoms with Crippen molar-refractivity contribution >= 4 is 23.4 Å². The maximum Gasteiger partial charge on any atom is 0.242 e. The van der Waals surface area contributed by atoms with Gasteiger partial charge in [-0.3, -0.25) is 9.59 Å². The number of likely N-dealkylation sites (N-methyl/N-ethyl adjacent to an activating group) is 1. The summed E-state index contributed by atoms with van der Waals surface area (Å²) >= 11 is 5.97. The average molecular weight is 447 g/mol. The van der Waals surface area contributed by atoms with E-state index in [9.17, 15) is 9.59 Å². The highest BCUT2D eigenvalue weighted by molar-refractivity contribution is 6.30. The van der Waals surface area contributed by atoms with Crippen molar-refractivity contribution < 1.29 is 19.1 Å². The van der Waals surface area contributed by atoms with E-state index in [1.807, 2.05) is 44.2 Å². The van der Waals surface area contributed by atoms with Crippen molar-refractivity contribution in [1.29, 1.82) is 0 Å². The lowest BCUT2D eigenvalue weighted by molar-refractivity contribution is -0.140. The standard InChI is InChI=1S/C24H31ClN2O4/c1-5-30-21-13-9-18(15-22(21)31-6-2)10-14-23(28)27(17(3)24(29)26-4)16-19-7-11-20(25)12-8-19/h7-9,11-13,15,17H,5-6,10,14,16H2,1-4H3,(H,26,29)/t17-/m1/s1. The van der Waals surface area contributed by atoms with Crippen LogP contribution in [0.15, 0.2) is 42.5 Å². The Morgan fingerprint density at radius 1 is 1.00 bits per heavy atom. The Balaban J connectivity index is 2.14. The molecule has 0 fully saturated rings. The lowest BCUT2D eigenvalue weighted by Gasteiger charge is -2.28. The molecule has 2 aromatic rings. The molecule has 0 radical (unpaired) electrons. The first-order chi connectivity index (χ1) is 14.9. The summed E-state index contributed by atoms with van der Waals surface area (Å²) < 4.78 is 11.3. The van der Waals surface area contributed by atoms with Crippen LogP contribution >= 0.6 is 11.6 Å². The molecular formula is C24H31ClN2O4. The normalized spacial score (nSPS) is 11.5. The van der Waals surface area contributed by atoms with Crippen LogP contribution in [0.2, 0.25) is 5.02 Å². The van der Waals surface area contributed by atoms with Crippen LogP contribution in [0.4, 0.5) is 0 Å². The van der Waals surface area contributed by atoms with E-state index in [2.05, 4.69) is 5.32 Å². The topological polar surface area (TPSA) is 67.9 Å². The van der Waals surface area contributed by atoms with Crippen molar-refractivity contribution in [2.24, 2.45) is 0 Å². The summed E-state index contributed by atoms with van der Waals surface area (Å²) in [4.78, 5) is 26.9. The minimum Gasteiger partial charge on any atom is -0.490 e.